The van der Waals surface area contributed by atoms with Crippen LogP contribution in [0.4, 0.5) is 11.4 Å². The molecule has 0 heterocycles. The van der Waals surface area contributed by atoms with Crippen LogP contribution in [0.1, 0.15) is 41.0 Å². The molecule has 1 atom stereocenters. The summed E-state index contributed by atoms with van der Waals surface area (Å²) in [5.74, 6) is -0.547. The Morgan fingerprint density at radius 1 is 1.00 bits per heavy atom. The van der Waals surface area contributed by atoms with Crippen molar-refractivity contribution < 1.29 is 14.5 Å². The van der Waals surface area contributed by atoms with E-state index >= 15 is 0 Å². The van der Waals surface area contributed by atoms with E-state index in [1.807, 2.05) is 13.8 Å². The van der Waals surface area contributed by atoms with E-state index in [1.54, 1.807) is 24.3 Å². The van der Waals surface area contributed by atoms with Crippen molar-refractivity contribution in [3.05, 3.63) is 69.8 Å². The summed E-state index contributed by atoms with van der Waals surface area (Å²) >= 11 is 0. The van der Waals surface area contributed by atoms with Crippen molar-refractivity contribution in [3.8, 4) is 0 Å². The Morgan fingerprint density at radius 2 is 1.52 bits per heavy atom. The fourth-order valence-electron chi connectivity index (χ4n) is 2.05. The Labute approximate surface area is 145 Å². The number of amides is 2. The van der Waals surface area contributed by atoms with Gasteiger partial charge in [-0.15, -0.1) is 0 Å². The van der Waals surface area contributed by atoms with Gasteiger partial charge in [-0.25, -0.2) is 0 Å². The zero-order valence-corrected chi connectivity index (χ0v) is 14.0. The first kappa shape index (κ1) is 18.1. The zero-order chi connectivity index (χ0) is 18.4. The number of carbonyl (C=O) groups excluding carboxylic acids is 2. The number of nitro groups is 1. The zero-order valence-electron chi connectivity index (χ0n) is 14.0. The van der Waals surface area contributed by atoms with Crippen LogP contribution in [0.5, 0.6) is 0 Å². The average Bonchev–Trinajstić information content (AvgIpc) is 2.62. The maximum Gasteiger partial charge on any atom is 0.269 e. The van der Waals surface area contributed by atoms with E-state index in [0.29, 0.717) is 16.8 Å². The van der Waals surface area contributed by atoms with Crippen molar-refractivity contribution in [3.63, 3.8) is 0 Å². The molecule has 0 saturated heterocycles. The maximum atomic E-state index is 12.1. The molecule has 2 aromatic carbocycles. The second kappa shape index (κ2) is 8.05. The lowest BCUT2D eigenvalue weighted by molar-refractivity contribution is -0.384. The van der Waals surface area contributed by atoms with Crippen molar-refractivity contribution in [1.82, 2.24) is 5.32 Å². The minimum atomic E-state index is -0.523. The molecule has 1 unspecified atom stereocenters. The van der Waals surface area contributed by atoms with Gasteiger partial charge in [-0.2, -0.15) is 0 Å². The molecule has 25 heavy (non-hydrogen) atoms. The SMILES string of the molecule is CCC(C)NC(=O)c1ccc(NC(=O)c2ccc([N+](=O)[O-])cc2)cc1. The number of carbonyl (C=O) groups is 2. The minimum absolute atomic E-state index is 0.0757. The number of non-ortho nitro benzene ring substituents is 1. The molecule has 2 amide bonds. The highest BCUT2D eigenvalue weighted by Gasteiger charge is 2.11. The van der Waals surface area contributed by atoms with E-state index in [-0.39, 0.29) is 23.5 Å². The number of nitro benzene ring substituents is 1. The molecule has 0 spiro atoms. The van der Waals surface area contributed by atoms with E-state index in [9.17, 15) is 19.7 Å². The van der Waals surface area contributed by atoms with Gasteiger partial charge in [0.05, 0.1) is 4.92 Å². The topological polar surface area (TPSA) is 101 Å². The maximum absolute atomic E-state index is 12.1. The number of nitrogens with one attached hydrogen (secondary N) is 2. The molecule has 0 fully saturated rings. The van der Waals surface area contributed by atoms with Crippen molar-refractivity contribution in [2.24, 2.45) is 0 Å². The van der Waals surface area contributed by atoms with E-state index < -0.39 is 4.92 Å². The summed E-state index contributed by atoms with van der Waals surface area (Å²) in [6, 6.07) is 11.9. The summed E-state index contributed by atoms with van der Waals surface area (Å²) in [6.45, 7) is 3.92. The van der Waals surface area contributed by atoms with Crippen LogP contribution < -0.4 is 10.6 Å². The van der Waals surface area contributed by atoms with Gasteiger partial charge in [0.1, 0.15) is 0 Å². The summed E-state index contributed by atoms with van der Waals surface area (Å²) in [4.78, 5) is 34.2. The number of anilines is 1. The molecule has 0 aromatic heterocycles. The predicted molar refractivity (Wildman–Crippen MR) is 94.7 cm³/mol. The first-order chi connectivity index (χ1) is 11.9. The van der Waals surface area contributed by atoms with Gasteiger partial charge >= 0.3 is 0 Å². The Balaban J connectivity index is 2.01. The highest BCUT2D eigenvalue weighted by atomic mass is 16.6. The number of hydrogen-bond donors (Lipinski definition) is 2. The molecular formula is C18H19N3O4. The molecule has 2 N–H and O–H groups in total. The summed E-state index contributed by atoms with van der Waals surface area (Å²) in [5.41, 5.74) is 1.27. The van der Waals surface area contributed by atoms with Crippen LogP contribution >= 0.6 is 0 Å². The van der Waals surface area contributed by atoms with Crippen LogP contribution in [0, 0.1) is 10.1 Å². The molecule has 0 aliphatic carbocycles. The third-order valence-corrected chi connectivity index (χ3v) is 3.74. The standard InChI is InChI=1S/C18H19N3O4/c1-3-12(2)19-17(22)13-4-8-15(9-5-13)20-18(23)14-6-10-16(11-7-14)21(24)25/h4-12H,3H2,1-2H3,(H,19,22)(H,20,23). The number of hydrogen-bond acceptors (Lipinski definition) is 4. The molecule has 0 saturated carbocycles. The Hall–Kier alpha value is -3.22. The Bertz CT molecular complexity index is 770. The number of nitrogens with zero attached hydrogens (tertiary/aromatic N) is 1. The summed E-state index contributed by atoms with van der Waals surface area (Å²) in [6.07, 6.45) is 0.842. The van der Waals surface area contributed by atoms with Crippen LogP contribution in [0.25, 0.3) is 0 Å². The van der Waals surface area contributed by atoms with Crippen molar-refractivity contribution in [2.75, 3.05) is 5.32 Å². The van der Waals surface area contributed by atoms with Gasteiger partial charge < -0.3 is 10.6 Å². The average molecular weight is 341 g/mol. The van der Waals surface area contributed by atoms with Gasteiger partial charge in [0.2, 0.25) is 0 Å². The number of rotatable bonds is 6. The smallest absolute Gasteiger partial charge is 0.269 e. The molecule has 0 aliphatic rings. The molecule has 7 nitrogen and oxygen atoms in total. The van der Waals surface area contributed by atoms with E-state index in [1.165, 1.54) is 24.3 Å². The number of benzene rings is 2. The van der Waals surface area contributed by atoms with Gasteiger partial charge in [-0.3, -0.25) is 19.7 Å². The fraction of sp³-hybridized carbons (Fsp3) is 0.222. The summed E-state index contributed by atoms with van der Waals surface area (Å²) in [5, 5.41) is 16.2. The lowest BCUT2D eigenvalue weighted by Crippen LogP contribution is -2.31. The molecule has 2 aromatic rings. The molecule has 2 rings (SSSR count). The first-order valence-corrected chi connectivity index (χ1v) is 7.87. The third-order valence-electron chi connectivity index (χ3n) is 3.74. The van der Waals surface area contributed by atoms with Gasteiger partial charge in [0.25, 0.3) is 17.5 Å². The molecular weight excluding hydrogens is 322 g/mol. The largest absolute Gasteiger partial charge is 0.350 e. The Kier molecular flexibility index (Phi) is 5.84. The van der Waals surface area contributed by atoms with Crippen LogP contribution in [-0.2, 0) is 0 Å². The van der Waals surface area contributed by atoms with E-state index in [4.69, 9.17) is 0 Å². The normalized spacial score (nSPS) is 11.4. The second-order valence-electron chi connectivity index (χ2n) is 5.62. The van der Waals surface area contributed by atoms with Crippen LogP contribution in [0.2, 0.25) is 0 Å². The third kappa shape index (κ3) is 4.87. The fourth-order valence-corrected chi connectivity index (χ4v) is 2.05. The van der Waals surface area contributed by atoms with Gasteiger partial charge in [-0.05, 0) is 49.7 Å². The van der Waals surface area contributed by atoms with E-state index in [2.05, 4.69) is 10.6 Å². The quantitative estimate of drug-likeness (QED) is 0.621. The van der Waals surface area contributed by atoms with Crippen molar-refractivity contribution in [1.29, 1.82) is 0 Å². The summed E-state index contributed by atoms with van der Waals surface area (Å²) in [7, 11) is 0. The van der Waals surface area contributed by atoms with Crippen molar-refractivity contribution in [2.45, 2.75) is 26.3 Å². The summed E-state index contributed by atoms with van der Waals surface area (Å²) < 4.78 is 0. The molecule has 0 bridgehead atoms. The highest BCUT2D eigenvalue weighted by Crippen LogP contribution is 2.15. The Morgan fingerprint density at radius 3 is 2.04 bits per heavy atom. The highest BCUT2D eigenvalue weighted by molar-refractivity contribution is 6.04. The van der Waals surface area contributed by atoms with Crippen LogP contribution in [-0.4, -0.2) is 22.8 Å². The van der Waals surface area contributed by atoms with Gasteiger partial charge in [0, 0.05) is 35.0 Å². The molecule has 0 radical (unpaired) electrons. The van der Waals surface area contributed by atoms with Gasteiger partial charge in [-0.1, -0.05) is 6.92 Å². The predicted octanol–water partition coefficient (Wildman–Crippen LogP) is 3.38. The molecule has 7 heteroatoms. The lowest BCUT2D eigenvalue weighted by Gasteiger charge is -2.11. The van der Waals surface area contributed by atoms with E-state index in [0.717, 1.165) is 6.42 Å². The van der Waals surface area contributed by atoms with Gasteiger partial charge in [0.15, 0.2) is 0 Å². The first-order valence-electron chi connectivity index (χ1n) is 7.87. The lowest BCUT2D eigenvalue weighted by atomic mass is 10.1. The molecule has 130 valence electrons. The molecule has 0 aliphatic heterocycles. The van der Waals surface area contributed by atoms with Crippen molar-refractivity contribution >= 4 is 23.2 Å². The monoisotopic (exact) mass is 341 g/mol. The van der Waals surface area contributed by atoms with Crippen LogP contribution in [0.3, 0.4) is 0 Å². The minimum Gasteiger partial charge on any atom is -0.350 e. The second-order valence-corrected chi connectivity index (χ2v) is 5.62. The van der Waals surface area contributed by atoms with Crippen LogP contribution in [0.15, 0.2) is 48.5 Å².